The van der Waals surface area contributed by atoms with E-state index in [0.717, 1.165) is 5.56 Å². The first-order chi connectivity index (χ1) is 8.81. The Bertz CT molecular complexity index is 514. The maximum Gasteiger partial charge on any atom is 0.236 e. The number of anilines is 1. The molecule has 0 atom stereocenters. The molecule has 0 bridgehead atoms. The molecule has 0 saturated heterocycles. The van der Waals surface area contributed by atoms with Gasteiger partial charge in [0, 0.05) is 11.3 Å². The van der Waals surface area contributed by atoms with Crippen LogP contribution in [0.2, 0.25) is 0 Å². The number of aryl methyl sites for hydroxylation is 1. The molecule has 0 aliphatic heterocycles. The number of carbonyl (C=O) groups excluding carboxylic acids is 2. The van der Waals surface area contributed by atoms with Crippen molar-refractivity contribution in [1.82, 2.24) is 0 Å². The van der Waals surface area contributed by atoms with E-state index in [1.165, 1.54) is 4.90 Å². The van der Waals surface area contributed by atoms with Crippen molar-refractivity contribution in [2.75, 3.05) is 18.0 Å². The summed E-state index contributed by atoms with van der Waals surface area (Å²) in [4.78, 5) is 23.8. The molecule has 0 aromatic heterocycles. The van der Waals surface area contributed by atoms with Gasteiger partial charge in [-0.05, 0) is 19.1 Å². The third-order valence-electron chi connectivity index (χ3n) is 2.45. The van der Waals surface area contributed by atoms with Gasteiger partial charge in [-0.15, -0.1) is 0 Å². The van der Waals surface area contributed by atoms with Gasteiger partial charge < -0.3 is 22.1 Å². The van der Waals surface area contributed by atoms with Crippen LogP contribution in [-0.4, -0.2) is 29.9 Å². The maximum atomic E-state index is 11.1. The highest BCUT2D eigenvalue weighted by Crippen LogP contribution is 2.21. The summed E-state index contributed by atoms with van der Waals surface area (Å²) in [5, 5.41) is 0. The van der Waals surface area contributed by atoms with E-state index in [2.05, 4.69) is 0 Å². The van der Waals surface area contributed by atoms with Crippen LogP contribution in [0.4, 0.5) is 5.69 Å². The molecule has 7 heteroatoms. The molecule has 19 heavy (non-hydrogen) atoms. The monoisotopic (exact) mass is 280 g/mol. The number of primary amides is 2. The van der Waals surface area contributed by atoms with Crippen LogP contribution in [0, 0.1) is 6.92 Å². The summed E-state index contributed by atoms with van der Waals surface area (Å²) in [5.41, 5.74) is 18.1. The van der Waals surface area contributed by atoms with Gasteiger partial charge in [-0.1, -0.05) is 23.8 Å². The first-order valence-electron chi connectivity index (χ1n) is 5.53. The second-order valence-electron chi connectivity index (χ2n) is 4.17. The van der Waals surface area contributed by atoms with Gasteiger partial charge in [-0.25, -0.2) is 0 Å². The highest BCUT2D eigenvalue weighted by atomic mass is 32.1. The van der Waals surface area contributed by atoms with Crippen molar-refractivity contribution in [3.63, 3.8) is 0 Å². The second-order valence-corrected chi connectivity index (χ2v) is 4.61. The van der Waals surface area contributed by atoms with E-state index < -0.39 is 11.8 Å². The van der Waals surface area contributed by atoms with Crippen molar-refractivity contribution in [3.05, 3.63) is 29.3 Å². The van der Waals surface area contributed by atoms with Gasteiger partial charge in [0.25, 0.3) is 0 Å². The Morgan fingerprint density at radius 1 is 1.16 bits per heavy atom. The Balaban J connectivity index is 3.24. The molecule has 0 aliphatic carbocycles. The third kappa shape index (κ3) is 4.22. The van der Waals surface area contributed by atoms with E-state index in [1.54, 1.807) is 12.1 Å². The van der Waals surface area contributed by atoms with Gasteiger partial charge >= 0.3 is 0 Å². The van der Waals surface area contributed by atoms with Crippen LogP contribution in [0.25, 0.3) is 0 Å². The molecule has 0 unspecified atom stereocenters. The molecule has 2 amide bonds. The van der Waals surface area contributed by atoms with E-state index in [-0.39, 0.29) is 18.1 Å². The average Bonchev–Trinajstić information content (AvgIpc) is 2.26. The van der Waals surface area contributed by atoms with E-state index in [9.17, 15) is 9.59 Å². The van der Waals surface area contributed by atoms with Crippen LogP contribution in [0.15, 0.2) is 18.2 Å². The number of thiocarbonyl (C=S) groups is 1. The van der Waals surface area contributed by atoms with Crippen LogP contribution in [0.5, 0.6) is 0 Å². The number of carbonyl (C=O) groups is 2. The smallest absolute Gasteiger partial charge is 0.236 e. The van der Waals surface area contributed by atoms with Gasteiger partial charge in [0.05, 0.1) is 13.1 Å². The zero-order chi connectivity index (χ0) is 14.6. The van der Waals surface area contributed by atoms with Crippen molar-refractivity contribution < 1.29 is 9.59 Å². The molecule has 6 nitrogen and oxygen atoms in total. The molecule has 0 aliphatic rings. The largest absolute Gasteiger partial charge is 0.389 e. The molecule has 0 saturated carbocycles. The van der Waals surface area contributed by atoms with Gasteiger partial charge in [-0.2, -0.15) is 0 Å². The molecule has 1 aromatic carbocycles. The first-order valence-corrected chi connectivity index (χ1v) is 5.94. The summed E-state index contributed by atoms with van der Waals surface area (Å²) in [6.07, 6.45) is 0. The molecular weight excluding hydrogens is 264 g/mol. The zero-order valence-electron chi connectivity index (χ0n) is 10.6. The molecular formula is C12H16N4O2S. The standard InChI is InChI=1S/C12H16N4O2S/c1-7-2-3-9(8(4-7)12(15)19)16(5-10(13)17)6-11(14)18/h2-4H,5-6H2,1H3,(H2,13,17)(H2,14,18)(H2,15,19). The summed E-state index contributed by atoms with van der Waals surface area (Å²) in [7, 11) is 0. The predicted molar refractivity (Wildman–Crippen MR) is 77.7 cm³/mol. The lowest BCUT2D eigenvalue weighted by atomic mass is 10.1. The van der Waals surface area contributed by atoms with Crippen molar-refractivity contribution in [2.24, 2.45) is 17.2 Å². The summed E-state index contributed by atoms with van der Waals surface area (Å²) in [6, 6.07) is 5.34. The fourth-order valence-electron chi connectivity index (χ4n) is 1.73. The van der Waals surface area contributed by atoms with Crippen LogP contribution >= 0.6 is 12.2 Å². The lowest BCUT2D eigenvalue weighted by molar-refractivity contribution is -0.117. The number of rotatable bonds is 6. The van der Waals surface area contributed by atoms with E-state index in [4.69, 9.17) is 29.4 Å². The zero-order valence-corrected chi connectivity index (χ0v) is 11.4. The molecule has 0 heterocycles. The summed E-state index contributed by atoms with van der Waals surface area (Å²) >= 11 is 4.97. The SMILES string of the molecule is Cc1ccc(N(CC(N)=O)CC(N)=O)c(C(N)=S)c1. The van der Waals surface area contributed by atoms with E-state index in [1.807, 2.05) is 13.0 Å². The lowest BCUT2D eigenvalue weighted by Crippen LogP contribution is -2.40. The van der Waals surface area contributed by atoms with E-state index in [0.29, 0.717) is 11.3 Å². The average molecular weight is 280 g/mol. The Morgan fingerprint density at radius 2 is 1.68 bits per heavy atom. The number of amides is 2. The second kappa shape index (κ2) is 6.14. The number of nitrogens with zero attached hydrogens (tertiary/aromatic N) is 1. The minimum Gasteiger partial charge on any atom is -0.389 e. The van der Waals surface area contributed by atoms with E-state index >= 15 is 0 Å². The first kappa shape index (κ1) is 14.9. The topological polar surface area (TPSA) is 115 Å². The quantitative estimate of drug-likeness (QED) is 0.602. The van der Waals surface area contributed by atoms with Gasteiger partial charge in [0.15, 0.2) is 0 Å². The van der Waals surface area contributed by atoms with Crippen LogP contribution in [0.3, 0.4) is 0 Å². The maximum absolute atomic E-state index is 11.1. The van der Waals surface area contributed by atoms with Crippen LogP contribution in [0.1, 0.15) is 11.1 Å². The highest BCUT2D eigenvalue weighted by Gasteiger charge is 2.17. The van der Waals surface area contributed by atoms with Crippen molar-refractivity contribution >= 4 is 34.7 Å². The molecule has 1 rings (SSSR count). The van der Waals surface area contributed by atoms with Gasteiger partial charge in [0.1, 0.15) is 4.99 Å². The molecule has 0 radical (unpaired) electrons. The molecule has 102 valence electrons. The van der Waals surface area contributed by atoms with Crippen molar-refractivity contribution in [3.8, 4) is 0 Å². The Kier molecular flexibility index (Phi) is 4.82. The van der Waals surface area contributed by atoms with Crippen LogP contribution < -0.4 is 22.1 Å². The van der Waals surface area contributed by atoms with Crippen molar-refractivity contribution in [2.45, 2.75) is 6.92 Å². The summed E-state index contributed by atoms with van der Waals surface area (Å²) < 4.78 is 0. The molecule has 1 aromatic rings. The third-order valence-corrected chi connectivity index (χ3v) is 2.67. The summed E-state index contributed by atoms with van der Waals surface area (Å²) in [5.74, 6) is -1.15. The van der Waals surface area contributed by atoms with Crippen LogP contribution in [-0.2, 0) is 9.59 Å². The van der Waals surface area contributed by atoms with Gasteiger partial charge in [0.2, 0.25) is 11.8 Å². The Labute approximate surface area is 116 Å². The minimum atomic E-state index is -0.573. The fraction of sp³-hybridized carbons (Fsp3) is 0.250. The molecule has 0 spiro atoms. The minimum absolute atomic E-state index is 0.137. The van der Waals surface area contributed by atoms with Crippen molar-refractivity contribution in [1.29, 1.82) is 0 Å². The number of nitrogens with two attached hydrogens (primary N) is 3. The molecule has 6 N–H and O–H groups in total. The molecule has 0 fully saturated rings. The lowest BCUT2D eigenvalue weighted by Gasteiger charge is -2.24. The number of hydrogen-bond acceptors (Lipinski definition) is 4. The highest BCUT2D eigenvalue weighted by molar-refractivity contribution is 7.80. The predicted octanol–water partition coefficient (Wildman–Crippen LogP) is -0.594. The van der Waals surface area contributed by atoms with Gasteiger partial charge in [-0.3, -0.25) is 9.59 Å². The fourth-order valence-corrected chi connectivity index (χ4v) is 1.89. The number of hydrogen-bond donors (Lipinski definition) is 3. The number of benzene rings is 1. The normalized spacial score (nSPS) is 9.95. The Hall–Kier alpha value is -2.15. The summed E-state index contributed by atoms with van der Waals surface area (Å²) in [6.45, 7) is 1.61. The Morgan fingerprint density at radius 3 is 2.11 bits per heavy atom.